The van der Waals surface area contributed by atoms with Crippen LogP contribution in [0.1, 0.15) is 11.1 Å². The van der Waals surface area contributed by atoms with Gasteiger partial charge in [-0.15, -0.1) is 0 Å². The number of H-pyrrole nitrogens is 1. The first kappa shape index (κ1) is 13.7. The molecule has 0 bridgehead atoms. The lowest BCUT2D eigenvalue weighted by Crippen LogP contribution is -1.92. The van der Waals surface area contributed by atoms with E-state index in [2.05, 4.69) is 36.2 Å². The Kier molecular flexibility index (Phi) is 3.43. The molecule has 3 aromatic rings. The van der Waals surface area contributed by atoms with E-state index in [-0.39, 0.29) is 0 Å². The lowest BCUT2D eigenvalue weighted by atomic mass is 9.94. The summed E-state index contributed by atoms with van der Waals surface area (Å²) in [6.07, 6.45) is 0. The molecule has 0 saturated carbocycles. The number of aromatic nitrogens is 2. The number of nitrogen functional groups attached to an aromatic ring is 1. The van der Waals surface area contributed by atoms with Gasteiger partial charge in [0.05, 0.1) is 11.3 Å². The molecule has 0 aliphatic carbocycles. The van der Waals surface area contributed by atoms with Gasteiger partial charge in [-0.1, -0.05) is 48.0 Å². The summed E-state index contributed by atoms with van der Waals surface area (Å²) in [5.41, 5.74) is 12.2. The van der Waals surface area contributed by atoms with Gasteiger partial charge in [-0.2, -0.15) is 5.10 Å². The first-order chi connectivity index (χ1) is 10.1. The molecule has 2 aromatic carbocycles. The molecule has 0 aliphatic heterocycles. The number of benzene rings is 2. The van der Waals surface area contributed by atoms with Crippen LogP contribution in [0.25, 0.3) is 22.4 Å². The minimum absolute atomic E-state index is 0.459. The first-order valence-corrected chi connectivity index (χ1v) is 7.12. The van der Waals surface area contributed by atoms with Gasteiger partial charge in [0, 0.05) is 16.1 Å². The highest BCUT2D eigenvalue weighted by molar-refractivity contribution is 6.33. The van der Waals surface area contributed by atoms with E-state index >= 15 is 0 Å². The molecular formula is C17H16ClN3. The molecule has 3 N–H and O–H groups in total. The highest BCUT2D eigenvalue weighted by atomic mass is 35.5. The zero-order chi connectivity index (χ0) is 15.0. The summed E-state index contributed by atoms with van der Waals surface area (Å²) in [5.74, 6) is 0.459. The second-order valence-corrected chi connectivity index (χ2v) is 5.51. The number of rotatable bonds is 2. The second kappa shape index (κ2) is 5.26. The molecular weight excluding hydrogens is 282 g/mol. The Hall–Kier alpha value is -2.26. The number of hydrogen-bond acceptors (Lipinski definition) is 2. The molecule has 0 unspecified atom stereocenters. The van der Waals surface area contributed by atoms with Crippen molar-refractivity contribution in [2.45, 2.75) is 13.8 Å². The number of aryl methyl sites for hydroxylation is 2. The van der Waals surface area contributed by atoms with Crippen molar-refractivity contribution < 1.29 is 0 Å². The Balaban J connectivity index is 2.31. The van der Waals surface area contributed by atoms with E-state index in [1.54, 1.807) is 0 Å². The van der Waals surface area contributed by atoms with Crippen LogP contribution in [0, 0.1) is 13.8 Å². The van der Waals surface area contributed by atoms with Gasteiger partial charge >= 0.3 is 0 Å². The van der Waals surface area contributed by atoms with Crippen molar-refractivity contribution in [2.24, 2.45) is 0 Å². The molecule has 0 atom stereocenters. The Bertz CT molecular complexity index is 785. The molecule has 0 saturated heterocycles. The highest BCUT2D eigenvalue weighted by Gasteiger charge is 2.19. The fourth-order valence-electron chi connectivity index (χ4n) is 2.68. The number of nitrogens with zero attached hydrogens (tertiary/aromatic N) is 1. The van der Waals surface area contributed by atoms with Crippen molar-refractivity contribution in [1.82, 2.24) is 10.2 Å². The average Bonchev–Trinajstić information content (AvgIpc) is 2.81. The fourth-order valence-corrected chi connectivity index (χ4v) is 2.91. The molecule has 4 heteroatoms. The van der Waals surface area contributed by atoms with Crippen LogP contribution in [0.15, 0.2) is 42.5 Å². The van der Waals surface area contributed by atoms with Crippen molar-refractivity contribution in [3.05, 3.63) is 58.6 Å². The van der Waals surface area contributed by atoms with Crippen molar-refractivity contribution >= 4 is 17.4 Å². The number of hydrogen-bond donors (Lipinski definition) is 2. The van der Waals surface area contributed by atoms with Crippen LogP contribution in [-0.2, 0) is 0 Å². The third kappa shape index (κ3) is 2.30. The van der Waals surface area contributed by atoms with E-state index in [9.17, 15) is 0 Å². The summed E-state index contributed by atoms with van der Waals surface area (Å²) in [5, 5.41) is 7.92. The predicted octanol–water partition coefficient (Wildman–Crippen LogP) is 4.60. The average molecular weight is 298 g/mol. The first-order valence-electron chi connectivity index (χ1n) is 6.75. The number of anilines is 1. The van der Waals surface area contributed by atoms with E-state index in [0.717, 1.165) is 22.4 Å². The van der Waals surface area contributed by atoms with Gasteiger partial charge in [-0.05, 0) is 31.0 Å². The lowest BCUT2D eigenvalue weighted by Gasteiger charge is -2.11. The van der Waals surface area contributed by atoms with Gasteiger partial charge in [0.1, 0.15) is 0 Å². The van der Waals surface area contributed by atoms with Gasteiger partial charge in [0.2, 0.25) is 0 Å². The van der Waals surface area contributed by atoms with Gasteiger partial charge in [-0.25, -0.2) is 0 Å². The smallest absolute Gasteiger partial charge is 0.153 e. The predicted molar refractivity (Wildman–Crippen MR) is 88.4 cm³/mol. The fraction of sp³-hybridized carbons (Fsp3) is 0.118. The highest BCUT2D eigenvalue weighted by Crippen LogP contribution is 2.40. The second-order valence-electron chi connectivity index (χ2n) is 5.11. The van der Waals surface area contributed by atoms with E-state index < -0.39 is 0 Å². The van der Waals surface area contributed by atoms with E-state index in [0.29, 0.717) is 10.8 Å². The molecule has 106 valence electrons. The molecule has 0 amide bonds. The zero-order valence-electron chi connectivity index (χ0n) is 11.9. The lowest BCUT2D eigenvalue weighted by molar-refractivity contribution is 1.10. The summed E-state index contributed by atoms with van der Waals surface area (Å²) in [6.45, 7) is 4.16. The van der Waals surface area contributed by atoms with Crippen LogP contribution < -0.4 is 5.73 Å². The third-order valence-electron chi connectivity index (χ3n) is 3.67. The molecule has 21 heavy (non-hydrogen) atoms. The van der Waals surface area contributed by atoms with E-state index in [4.69, 9.17) is 17.3 Å². The Labute approximate surface area is 128 Å². The third-order valence-corrected chi connectivity index (χ3v) is 4.00. The summed E-state index contributed by atoms with van der Waals surface area (Å²) < 4.78 is 0. The van der Waals surface area contributed by atoms with Gasteiger partial charge in [0.25, 0.3) is 0 Å². The Morgan fingerprint density at radius 1 is 0.952 bits per heavy atom. The van der Waals surface area contributed by atoms with Crippen molar-refractivity contribution in [3.8, 4) is 22.4 Å². The Morgan fingerprint density at radius 2 is 1.62 bits per heavy atom. The van der Waals surface area contributed by atoms with Crippen LogP contribution in [0.3, 0.4) is 0 Å². The molecule has 3 nitrogen and oxygen atoms in total. The summed E-state index contributed by atoms with van der Waals surface area (Å²) in [6, 6.07) is 13.9. The van der Waals surface area contributed by atoms with Crippen LogP contribution in [-0.4, -0.2) is 10.2 Å². The number of nitrogens with two attached hydrogens (primary N) is 1. The van der Waals surface area contributed by atoms with Crippen LogP contribution in [0.5, 0.6) is 0 Å². The largest absolute Gasteiger partial charge is 0.382 e. The van der Waals surface area contributed by atoms with Gasteiger partial charge < -0.3 is 5.73 Å². The van der Waals surface area contributed by atoms with Gasteiger partial charge in [-0.3, -0.25) is 5.10 Å². The van der Waals surface area contributed by atoms with Crippen LogP contribution in [0.4, 0.5) is 5.82 Å². The van der Waals surface area contributed by atoms with Crippen molar-refractivity contribution in [3.63, 3.8) is 0 Å². The molecule has 0 aliphatic rings. The van der Waals surface area contributed by atoms with Crippen molar-refractivity contribution in [2.75, 3.05) is 5.73 Å². The van der Waals surface area contributed by atoms with Crippen LogP contribution in [0.2, 0.25) is 5.02 Å². The minimum atomic E-state index is 0.459. The maximum Gasteiger partial charge on any atom is 0.153 e. The topological polar surface area (TPSA) is 54.7 Å². The maximum atomic E-state index is 6.33. The zero-order valence-corrected chi connectivity index (χ0v) is 12.7. The summed E-state index contributed by atoms with van der Waals surface area (Å²) in [4.78, 5) is 0. The molecule has 0 fully saturated rings. The van der Waals surface area contributed by atoms with E-state index in [1.165, 1.54) is 11.1 Å². The van der Waals surface area contributed by atoms with E-state index in [1.807, 2.05) is 30.3 Å². The molecule has 0 spiro atoms. The summed E-state index contributed by atoms with van der Waals surface area (Å²) in [7, 11) is 0. The molecule has 0 radical (unpaired) electrons. The number of aromatic amines is 1. The SMILES string of the molecule is Cc1cccc(C)c1-c1[nH]nc(N)c1-c1ccccc1Cl. The van der Waals surface area contributed by atoms with Crippen molar-refractivity contribution in [1.29, 1.82) is 0 Å². The molecule has 3 rings (SSSR count). The minimum Gasteiger partial charge on any atom is -0.382 e. The van der Waals surface area contributed by atoms with Crippen LogP contribution >= 0.6 is 11.6 Å². The normalized spacial score (nSPS) is 10.8. The molecule has 1 heterocycles. The number of halogens is 1. The maximum absolute atomic E-state index is 6.33. The quantitative estimate of drug-likeness (QED) is 0.726. The van der Waals surface area contributed by atoms with Gasteiger partial charge in [0.15, 0.2) is 5.82 Å². The Morgan fingerprint density at radius 3 is 2.29 bits per heavy atom. The number of nitrogens with one attached hydrogen (secondary N) is 1. The summed E-state index contributed by atoms with van der Waals surface area (Å²) >= 11 is 6.33. The monoisotopic (exact) mass is 297 g/mol. The standard InChI is InChI=1S/C17H16ClN3/c1-10-6-5-7-11(2)14(10)16-15(17(19)21-20-16)12-8-3-4-9-13(12)18/h3-9H,1-2H3,(H3,19,20,21). The molecule has 1 aromatic heterocycles.